The van der Waals surface area contributed by atoms with E-state index in [-0.39, 0.29) is 12.6 Å². The Balaban J connectivity index is 1.92. The van der Waals surface area contributed by atoms with Crippen LogP contribution < -0.4 is 0 Å². The zero-order valence-electron chi connectivity index (χ0n) is 10.2. The molecule has 0 radical (unpaired) electrons. The summed E-state index contributed by atoms with van der Waals surface area (Å²) < 4.78 is 41.8. The van der Waals surface area contributed by atoms with Gasteiger partial charge in [0.15, 0.2) is 5.82 Å². The maximum atomic E-state index is 12.3. The number of nitrogens with zero attached hydrogens (tertiary/aromatic N) is 3. The highest BCUT2D eigenvalue weighted by molar-refractivity contribution is 4.87. The lowest BCUT2D eigenvalue weighted by Gasteiger charge is -2.36. The molecule has 0 aliphatic heterocycles. The molecule has 0 aromatic carbocycles. The zero-order valence-corrected chi connectivity index (χ0v) is 10.2. The molecule has 1 aromatic heterocycles. The summed E-state index contributed by atoms with van der Waals surface area (Å²) in [7, 11) is 0. The number of alkyl halides is 3. The second-order valence-electron chi connectivity index (χ2n) is 4.66. The Hall–Kier alpha value is -1.11. The van der Waals surface area contributed by atoms with Gasteiger partial charge in [0.05, 0.1) is 13.0 Å². The van der Waals surface area contributed by atoms with Gasteiger partial charge in [-0.3, -0.25) is 4.90 Å². The van der Waals surface area contributed by atoms with E-state index in [2.05, 4.69) is 10.1 Å². The van der Waals surface area contributed by atoms with Gasteiger partial charge in [-0.15, -0.1) is 0 Å². The molecule has 7 heteroatoms. The average Bonchev–Trinajstić information content (AvgIpc) is 2.56. The van der Waals surface area contributed by atoms with Gasteiger partial charge >= 0.3 is 6.18 Å². The van der Waals surface area contributed by atoms with Crippen molar-refractivity contribution in [2.75, 3.05) is 6.54 Å². The van der Waals surface area contributed by atoms with E-state index >= 15 is 0 Å². The lowest BCUT2D eigenvalue weighted by molar-refractivity contribution is -0.140. The molecule has 18 heavy (non-hydrogen) atoms. The largest absolute Gasteiger partial charge is 0.390 e. The summed E-state index contributed by atoms with van der Waals surface area (Å²) in [5.74, 6) is 0.899. The highest BCUT2D eigenvalue weighted by Gasteiger charge is 2.32. The molecule has 0 atom stereocenters. The monoisotopic (exact) mass is 263 g/mol. The Morgan fingerprint density at radius 1 is 1.39 bits per heavy atom. The molecule has 0 saturated heterocycles. The van der Waals surface area contributed by atoms with Crippen molar-refractivity contribution in [1.29, 1.82) is 0 Å². The summed E-state index contributed by atoms with van der Waals surface area (Å²) in [6, 6.07) is 0.222. The molecule has 1 fully saturated rings. The van der Waals surface area contributed by atoms with Crippen LogP contribution in [0.5, 0.6) is 0 Å². The van der Waals surface area contributed by atoms with Crippen LogP contribution in [0.4, 0.5) is 13.2 Å². The fourth-order valence-electron chi connectivity index (χ4n) is 1.99. The van der Waals surface area contributed by atoms with Crippen LogP contribution in [0.15, 0.2) is 4.52 Å². The number of rotatable bonds is 5. The summed E-state index contributed by atoms with van der Waals surface area (Å²) in [5.41, 5.74) is 0. The van der Waals surface area contributed by atoms with E-state index in [0.717, 1.165) is 19.3 Å². The molecular formula is C11H16F3N3O. The summed E-state index contributed by atoms with van der Waals surface area (Å²) in [6.45, 7) is 1.99. The van der Waals surface area contributed by atoms with Crippen LogP contribution in [0.1, 0.15) is 37.4 Å². The van der Waals surface area contributed by atoms with Gasteiger partial charge in [-0.05, 0) is 19.8 Å². The molecule has 0 unspecified atom stereocenters. The highest BCUT2D eigenvalue weighted by atomic mass is 19.4. The smallest absolute Gasteiger partial charge is 0.338 e. The first-order valence-corrected chi connectivity index (χ1v) is 6.04. The van der Waals surface area contributed by atoms with Crippen LogP contribution >= 0.6 is 0 Å². The maximum Gasteiger partial charge on any atom is 0.390 e. The SMILES string of the molecule is Cc1noc(CN(CCC(F)(F)F)C2CCC2)n1. The van der Waals surface area contributed by atoms with Gasteiger partial charge in [0.1, 0.15) is 0 Å². The molecule has 1 heterocycles. The topological polar surface area (TPSA) is 42.2 Å². The second kappa shape index (κ2) is 5.26. The molecule has 1 aliphatic carbocycles. The van der Waals surface area contributed by atoms with E-state index in [9.17, 15) is 13.2 Å². The van der Waals surface area contributed by atoms with Crippen LogP contribution in [0.2, 0.25) is 0 Å². The third-order valence-corrected chi connectivity index (χ3v) is 3.18. The fourth-order valence-corrected chi connectivity index (χ4v) is 1.99. The minimum atomic E-state index is -4.12. The average molecular weight is 263 g/mol. The predicted octanol–water partition coefficient (Wildman–Crippen LogP) is 2.68. The molecule has 1 saturated carbocycles. The normalized spacial score (nSPS) is 17.2. The minimum Gasteiger partial charge on any atom is -0.338 e. The van der Waals surface area contributed by atoms with E-state index in [1.165, 1.54) is 0 Å². The lowest BCUT2D eigenvalue weighted by atomic mass is 9.91. The Morgan fingerprint density at radius 3 is 2.56 bits per heavy atom. The first-order valence-electron chi connectivity index (χ1n) is 6.04. The number of halogens is 3. The number of hydrogen-bond acceptors (Lipinski definition) is 4. The zero-order chi connectivity index (χ0) is 13.2. The van der Waals surface area contributed by atoms with Crippen LogP contribution in [0, 0.1) is 6.92 Å². The highest BCUT2D eigenvalue weighted by Crippen LogP contribution is 2.28. The van der Waals surface area contributed by atoms with Gasteiger partial charge in [0.2, 0.25) is 5.89 Å². The molecule has 0 spiro atoms. The van der Waals surface area contributed by atoms with Gasteiger partial charge in [-0.2, -0.15) is 18.2 Å². The molecule has 1 aromatic rings. The number of aromatic nitrogens is 2. The summed E-state index contributed by atoms with van der Waals surface area (Å²) in [6.07, 6.45) is -1.94. The Kier molecular flexibility index (Phi) is 3.89. The Labute approximate surface area is 103 Å². The molecule has 102 valence electrons. The molecular weight excluding hydrogens is 247 g/mol. The van der Waals surface area contributed by atoms with Crippen LogP contribution in [-0.4, -0.2) is 33.8 Å². The van der Waals surface area contributed by atoms with Gasteiger partial charge in [0.25, 0.3) is 0 Å². The Morgan fingerprint density at radius 2 is 2.11 bits per heavy atom. The van der Waals surface area contributed by atoms with E-state index in [1.54, 1.807) is 11.8 Å². The maximum absolute atomic E-state index is 12.3. The van der Waals surface area contributed by atoms with Gasteiger partial charge in [-0.25, -0.2) is 0 Å². The molecule has 0 amide bonds. The van der Waals surface area contributed by atoms with E-state index in [0.29, 0.717) is 18.3 Å². The Bertz CT molecular complexity index is 387. The lowest BCUT2D eigenvalue weighted by Crippen LogP contribution is -2.41. The van der Waals surface area contributed by atoms with Crippen molar-refractivity contribution in [3.8, 4) is 0 Å². The first-order chi connectivity index (χ1) is 8.44. The molecule has 0 bridgehead atoms. The van der Waals surface area contributed by atoms with Crippen molar-refractivity contribution in [3.05, 3.63) is 11.7 Å². The second-order valence-corrected chi connectivity index (χ2v) is 4.66. The van der Waals surface area contributed by atoms with Crippen molar-refractivity contribution in [2.24, 2.45) is 0 Å². The van der Waals surface area contributed by atoms with E-state index in [4.69, 9.17) is 4.52 Å². The van der Waals surface area contributed by atoms with Crippen molar-refractivity contribution in [2.45, 2.75) is 51.4 Å². The van der Waals surface area contributed by atoms with E-state index < -0.39 is 12.6 Å². The third-order valence-electron chi connectivity index (χ3n) is 3.18. The van der Waals surface area contributed by atoms with Crippen LogP contribution in [-0.2, 0) is 6.54 Å². The standard InChI is InChI=1S/C11H16F3N3O/c1-8-15-10(18-16-8)7-17(9-3-2-4-9)6-5-11(12,13)14/h9H,2-7H2,1H3. The summed E-state index contributed by atoms with van der Waals surface area (Å²) in [5, 5.41) is 3.65. The molecule has 4 nitrogen and oxygen atoms in total. The first kappa shape index (κ1) is 13.3. The molecule has 2 rings (SSSR count). The van der Waals surface area contributed by atoms with Crippen LogP contribution in [0.3, 0.4) is 0 Å². The van der Waals surface area contributed by atoms with Gasteiger partial charge in [-0.1, -0.05) is 11.6 Å². The molecule has 1 aliphatic rings. The van der Waals surface area contributed by atoms with Crippen molar-refractivity contribution in [3.63, 3.8) is 0 Å². The van der Waals surface area contributed by atoms with Gasteiger partial charge < -0.3 is 4.52 Å². The van der Waals surface area contributed by atoms with Gasteiger partial charge in [0, 0.05) is 12.6 Å². The minimum absolute atomic E-state index is 0.00437. The van der Waals surface area contributed by atoms with Crippen molar-refractivity contribution < 1.29 is 17.7 Å². The van der Waals surface area contributed by atoms with E-state index in [1.807, 2.05) is 0 Å². The summed E-state index contributed by atoms with van der Waals surface area (Å²) in [4.78, 5) is 5.83. The third kappa shape index (κ3) is 3.69. The molecule has 0 N–H and O–H groups in total. The summed E-state index contributed by atoms with van der Waals surface area (Å²) >= 11 is 0. The fraction of sp³-hybridized carbons (Fsp3) is 0.818. The number of hydrogen-bond donors (Lipinski definition) is 0. The van der Waals surface area contributed by atoms with Crippen molar-refractivity contribution in [1.82, 2.24) is 15.0 Å². The van der Waals surface area contributed by atoms with Crippen molar-refractivity contribution >= 4 is 0 Å². The van der Waals surface area contributed by atoms with Crippen LogP contribution in [0.25, 0.3) is 0 Å². The predicted molar refractivity (Wildman–Crippen MR) is 57.8 cm³/mol. The number of aryl methyl sites for hydroxylation is 1. The quantitative estimate of drug-likeness (QED) is 0.819.